The highest BCUT2D eigenvalue weighted by atomic mass is 32.1. The predicted octanol–water partition coefficient (Wildman–Crippen LogP) is 1.96. The topological polar surface area (TPSA) is 26.0 Å². The first-order valence-electron chi connectivity index (χ1n) is 3.63. The fraction of sp³-hybridized carbons (Fsp3) is 0.222. The first kappa shape index (κ1) is 9.13. The van der Waals surface area contributed by atoms with E-state index in [9.17, 15) is 4.39 Å². The Morgan fingerprint density at radius 1 is 1.58 bits per heavy atom. The van der Waals surface area contributed by atoms with Gasteiger partial charge in [0.1, 0.15) is 5.82 Å². The predicted molar refractivity (Wildman–Crippen MR) is 51.6 cm³/mol. The second kappa shape index (κ2) is 3.63. The van der Waals surface area contributed by atoms with Gasteiger partial charge < -0.3 is 5.73 Å². The van der Waals surface area contributed by atoms with Crippen molar-refractivity contribution in [3.8, 4) is 0 Å². The molecule has 1 aromatic carbocycles. The lowest BCUT2D eigenvalue weighted by Crippen LogP contribution is -2.11. The second-order valence-electron chi connectivity index (χ2n) is 2.73. The van der Waals surface area contributed by atoms with Crippen LogP contribution in [0.5, 0.6) is 0 Å². The minimum absolute atomic E-state index is 0.205. The zero-order chi connectivity index (χ0) is 9.14. The van der Waals surface area contributed by atoms with Crippen LogP contribution < -0.4 is 5.73 Å². The van der Waals surface area contributed by atoms with Crippen LogP contribution in [-0.2, 0) is 6.42 Å². The van der Waals surface area contributed by atoms with E-state index < -0.39 is 0 Å². The van der Waals surface area contributed by atoms with E-state index in [2.05, 4.69) is 0 Å². The molecule has 1 nitrogen and oxygen atoms in total. The monoisotopic (exact) mass is 183 g/mol. The van der Waals surface area contributed by atoms with Crippen LogP contribution in [0.1, 0.15) is 11.1 Å². The standard InChI is InChI=1S/C9H10FNS/c1-6-2-3-7(4-8(6)10)5-9(11)12/h2-4H,5H2,1H3,(H2,11,12). The molecule has 0 fully saturated rings. The van der Waals surface area contributed by atoms with E-state index >= 15 is 0 Å². The zero-order valence-corrected chi connectivity index (χ0v) is 7.62. The van der Waals surface area contributed by atoms with Gasteiger partial charge in [0, 0.05) is 6.42 Å². The summed E-state index contributed by atoms with van der Waals surface area (Å²) in [6.07, 6.45) is 0.465. The van der Waals surface area contributed by atoms with Crippen molar-refractivity contribution < 1.29 is 4.39 Å². The van der Waals surface area contributed by atoms with Gasteiger partial charge in [0.2, 0.25) is 0 Å². The Labute approximate surface area is 76.4 Å². The molecule has 0 atom stereocenters. The molecule has 0 amide bonds. The molecule has 0 radical (unpaired) electrons. The fourth-order valence-electron chi connectivity index (χ4n) is 0.948. The SMILES string of the molecule is Cc1ccc(CC(N)=S)cc1F. The molecule has 3 heteroatoms. The minimum atomic E-state index is -0.205. The average molecular weight is 183 g/mol. The molecule has 0 aliphatic carbocycles. The van der Waals surface area contributed by atoms with E-state index in [0.29, 0.717) is 17.0 Å². The largest absolute Gasteiger partial charge is 0.393 e. The molecule has 12 heavy (non-hydrogen) atoms. The fourth-order valence-corrected chi connectivity index (χ4v) is 1.11. The molecule has 0 bridgehead atoms. The van der Waals surface area contributed by atoms with E-state index in [0.717, 1.165) is 5.56 Å². The van der Waals surface area contributed by atoms with Crippen molar-refractivity contribution in [2.45, 2.75) is 13.3 Å². The van der Waals surface area contributed by atoms with Gasteiger partial charge in [-0.15, -0.1) is 0 Å². The third kappa shape index (κ3) is 2.27. The highest BCUT2D eigenvalue weighted by molar-refractivity contribution is 7.80. The van der Waals surface area contributed by atoms with Crippen LogP contribution in [0.2, 0.25) is 0 Å². The van der Waals surface area contributed by atoms with Crippen molar-refractivity contribution in [1.82, 2.24) is 0 Å². The number of halogens is 1. The molecule has 0 aromatic heterocycles. The van der Waals surface area contributed by atoms with Crippen molar-refractivity contribution in [1.29, 1.82) is 0 Å². The van der Waals surface area contributed by atoms with Gasteiger partial charge in [-0.2, -0.15) is 0 Å². The lowest BCUT2D eigenvalue weighted by Gasteiger charge is -2.01. The molecular weight excluding hydrogens is 173 g/mol. The minimum Gasteiger partial charge on any atom is -0.393 e. The van der Waals surface area contributed by atoms with Crippen molar-refractivity contribution in [2.75, 3.05) is 0 Å². The van der Waals surface area contributed by atoms with Crippen molar-refractivity contribution in [3.63, 3.8) is 0 Å². The van der Waals surface area contributed by atoms with Gasteiger partial charge in [-0.05, 0) is 24.1 Å². The van der Waals surface area contributed by atoms with E-state index in [1.807, 2.05) is 6.07 Å². The number of benzene rings is 1. The quantitative estimate of drug-likeness (QED) is 0.709. The maximum absolute atomic E-state index is 12.9. The van der Waals surface area contributed by atoms with Crippen LogP contribution in [0, 0.1) is 12.7 Å². The highest BCUT2D eigenvalue weighted by Gasteiger charge is 1.99. The molecule has 0 aliphatic rings. The number of hydrogen-bond acceptors (Lipinski definition) is 1. The maximum Gasteiger partial charge on any atom is 0.126 e. The molecule has 0 unspecified atom stereocenters. The van der Waals surface area contributed by atoms with Gasteiger partial charge in [0.15, 0.2) is 0 Å². The van der Waals surface area contributed by atoms with Gasteiger partial charge in [0.05, 0.1) is 4.99 Å². The zero-order valence-electron chi connectivity index (χ0n) is 6.80. The Kier molecular flexibility index (Phi) is 2.76. The van der Waals surface area contributed by atoms with Gasteiger partial charge in [-0.1, -0.05) is 24.4 Å². The maximum atomic E-state index is 12.9. The summed E-state index contributed by atoms with van der Waals surface area (Å²) in [5.74, 6) is -0.205. The highest BCUT2D eigenvalue weighted by Crippen LogP contribution is 2.09. The number of nitrogens with two attached hydrogens (primary N) is 1. The van der Waals surface area contributed by atoms with Gasteiger partial charge in [-0.25, -0.2) is 4.39 Å². The van der Waals surface area contributed by atoms with Crippen molar-refractivity contribution in [3.05, 3.63) is 35.1 Å². The van der Waals surface area contributed by atoms with Crippen LogP contribution >= 0.6 is 12.2 Å². The average Bonchev–Trinajstić information content (AvgIpc) is 1.96. The van der Waals surface area contributed by atoms with Crippen LogP contribution in [0.3, 0.4) is 0 Å². The van der Waals surface area contributed by atoms with E-state index in [4.69, 9.17) is 18.0 Å². The molecule has 0 spiro atoms. The lowest BCUT2D eigenvalue weighted by molar-refractivity contribution is 0.617. The molecule has 2 N–H and O–H groups in total. The summed E-state index contributed by atoms with van der Waals surface area (Å²) < 4.78 is 12.9. The normalized spacial score (nSPS) is 9.83. The molecule has 0 saturated carbocycles. The van der Waals surface area contributed by atoms with Crippen molar-refractivity contribution >= 4 is 17.2 Å². The molecule has 1 rings (SSSR count). The third-order valence-electron chi connectivity index (χ3n) is 1.61. The van der Waals surface area contributed by atoms with E-state index in [1.54, 1.807) is 13.0 Å². The number of thiocarbonyl (C=S) groups is 1. The third-order valence-corrected chi connectivity index (χ3v) is 1.76. The summed E-state index contributed by atoms with van der Waals surface area (Å²) in [5.41, 5.74) is 6.79. The van der Waals surface area contributed by atoms with Crippen LogP contribution in [0.15, 0.2) is 18.2 Å². The number of rotatable bonds is 2. The van der Waals surface area contributed by atoms with Crippen molar-refractivity contribution in [2.24, 2.45) is 5.73 Å². The Balaban J connectivity index is 2.89. The summed E-state index contributed by atoms with van der Waals surface area (Å²) >= 11 is 4.71. The summed E-state index contributed by atoms with van der Waals surface area (Å²) in [5, 5.41) is 0. The van der Waals surface area contributed by atoms with E-state index in [-0.39, 0.29) is 5.82 Å². The second-order valence-corrected chi connectivity index (χ2v) is 3.25. The molecule has 64 valence electrons. The Morgan fingerprint density at radius 2 is 2.25 bits per heavy atom. The number of hydrogen-bond donors (Lipinski definition) is 1. The van der Waals surface area contributed by atoms with Crippen LogP contribution in [0.25, 0.3) is 0 Å². The van der Waals surface area contributed by atoms with Gasteiger partial charge in [0.25, 0.3) is 0 Å². The lowest BCUT2D eigenvalue weighted by atomic mass is 10.1. The Bertz CT molecular complexity index is 309. The molecule has 1 aromatic rings. The Hall–Kier alpha value is -0.960. The van der Waals surface area contributed by atoms with Gasteiger partial charge in [-0.3, -0.25) is 0 Å². The molecular formula is C9H10FNS. The summed E-state index contributed by atoms with van der Waals surface area (Å²) in [7, 11) is 0. The first-order chi connectivity index (χ1) is 5.59. The summed E-state index contributed by atoms with van der Waals surface area (Å²) in [6.45, 7) is 1.72. The summed E-state index contributed by atoms with van der Waals surface area (Å²) in [4.78, 5) is 0.387. The Morgan fingerprint density at radius 3 is 2.75 bits per heavy atom. The molecule has 0 heterocycles. The molecule has 0 saturated heterocycles. The van der Waals surface area contributed by atoms with Crippen LogP contribution in [-0.4, -0.2) is 4.99 Å². The first-order valence-corrected chi connectivity index (χ1v) is 4.04. The summed E-state index contributed by atoms with van der Waals surface area (Å²) in [6, 6.07) is 5.02. The van der Waals surface area contributed by atoms with E-state index in [1.165, 1.54) is 6.07 Å². The number of aryl methyl sites for hydroxylation is 1. The van der Waals surface area contributed by atoms with Crippen LogP contribution in [0.4, 0.5) is 4.39 Å². The van der Waals surface area contributed by atoms with Gasteiger partial charge >= 0.3 is 0 Å². The molecule has 0 aliphatic heterocycles. The smallest absolute Gasteiger partial charge is 0.126 e.